The number of nitrogens with one attached hydrogen (secondary N) is 1. The summed E-state index contributed by atoms with van der Waals surface area (Å²) < 4.78 is 5.14. The maximum Gasteiger partial charge on any atom is 0.253 e. The minimum atomic E-state index is -0.690. The Balaban J connectivity index is 1.97. The van der Waals surface area contributed by atoms with Crippen LogP contribution >= 0.6 is 11.3 Å². The fourth-order valence-corrected chi connectivity index (χ4v) is 3.88. The molecule has 0 radical (unpaired) electrons. The summed E-state index contributed by atoms with van der Waals surface area (Å²) in [7, 11) is 1.58. The molecule has 0 bridgehead atoms. The number of methoxy groups -OCH3 is 1. The molecule has 7 heteroatoms. The van der Waals surface area contributed by atoms with Crippen molar-refractivity contribution in [1.82, 2.24) is 0 Å². The van der Waals surface area contributed by atoms with Crippen molar-refractivity contribution in [2.45, 2.75) is 13.3 Å². The summed E-state index contributed by atoms with van der Waals surface area (Å²) >= 11 is 1.11. The Hall–Kier alpha value is -3.32. The van der Waals surface area contributed by atoms with E-state index in [0.29, 0.717) is 16.3 Å². The molecule has 1 heterocycles. The van der Waals surface area contributed by atoms with Gasteiger partial charge in [0, 0.05) is 11.3 Å². The van der Waals surface area contributed by atoms with Crippen LogP contribution in [-0.2, 0) is 6.42 Å². The van der Waals surface area contributed by atoms with Gasteiger partial charge in [-0.2, -0.15) is 0 Å². The van der Waals surface area contributed by atoms with Gasteiger partial charge in [0.25, 0.3) is 5.91 Å². The smallest absolute Gasteiger partial charge is 0.253 e. The largest absolute Gasteiger partial charge is 0.497 e. The monoisotopic (exact) mass is 395 g/mol. The molecule has 0 fully saturated rings. The van der Waals surface area contributed by atoms with Crippen molar-refractivity contribution in [3.63, 3.8) is 0 Å². The van der Waals surface area contributed by atoms with E-state index in [1.165, 1.54) is 0 Å². The second-order valence-corrected chi connectivity index (χ2v) is 7.17. The maximum absolute atomic E-state index is 12.9. The highest BCUT2D eigenvalue weighted by Gasteiger charge is 2.25. The normalized spacial score (nSPS) is 10.5. The topological polar surface area (TPSA) is 107 Å². The number of anilines is 3. The predicted octanol–water partition coefficient (Wildman–Crippen LogP) is 3.97. The van der Waals surface area contributed by atoms with Crippen molar-refractivity contribution >= 4 is 39.4 Å². The Kier molecular flexibility index (Phi) is 5.65. The van der Waals surface area contributed by atoms with Gasteiger partial charge in [-0.15, -0.1) is 11.3 Å². The molecule has 0 spiro atoms. The van der Waals surface area contributed by atoms with Gasteiger partial charge in [0.2, 0.25) is 5.78 Å². The van der Waals surface area contributed by atoms with Gasteiger partial charge < -0.3 is 21.5 Å². The summed E-state index contributed by atoms with van der Waals surface area (Å²) in [6, 6.07) is 14.5. The van der Waals surface area contributed by atoms with E-state index in [1.807, 2.05) is 19.1 Å². The molecule has 28 heavy (non-hydrogen) atoms. The third-order valence-corrected chi connectivity index (χ3v) is 5.49. The van der Waals surface area contributed by atoms with Gasteiger partial charge in [0.05, 0.1) is 18.4 Å². The molecular formula is C21H21N3O3S. The van der Waals surface area contributed by atoms with Crippen LogP contribution in [0.3, 0.4) is 0 Å². The number of rotatable bonds is 7. The van der Waals surface area contributed by atoms with E-state index in [2.05, 4.69) is 5.32 Å². The van der Waals surface area contributed by atoms with Crippen LogP contribution in [0.4, 0.5) is 16.4 Å². The number of carbonyl (C=O) groups excluding carboxylic acids is 2. The van der Waals surface area contributed by atoms with Crippen LogP contribution in [0.15, 0.2) is 48.5 Å². The lowest BCUT2D eigenvalue weighted by molar-refractivity contribution is 0.100. The molecule has 2 aromatic carbocycles. The van der Waals surface area contributed by atoms with Gasteiger partial charge in [0.1, 0.15) is 15.6 Å². The zero-order chi connectivity index (χ0) is 20.3. The van der Waals surface area contributed by atoms with E-state index in [0.717, 1.165) is 29.0 Å². The van der Waals surface area contributed by atoms with Crippen LogP contribution in [0.25, 0.3) is 0 Å². The molecule has 0 aliphatic carbocycles. The molecular weight excluding hydrogens is 374 g/mol. The van der Waals surface area contributed by atoms with E-state index in [4.69, 9.17) is 16.2 Å². The minimum absolute atomic E-state index is 0.0954. The van der Waals surface area contributed by atoms with Crippen LogP contribution in [0, 0.1) is 0 Å². The maximum atomic E-state index is 12.9. The Bertz CT molecular complexity index is 1010. The summed E-state index contributed by atoms with van der Waals surface area (Å²) in [5.41, 5.74) is 14.2. The van der Waals surface area contributed by atoms with Gasteiger partial charge in [-0.25, -0.2) is 0 Å². The Morgan fingerprint density at radius 3 is 2.25 bits per heavy atom. The van der Waals surface area contributed by atoms with E-state index in [1.54, 1.807) is 43.5 Å². The van der Waals surface area contributed by atoms with Crippen LogP contribution in [0.2, 0.25) is 0 Å². The summed E-state index contributed by atoms with van der Waals surface area (Å²) in [4.78, 5) is 25.2. The van der Waals surface area contributed by atoms with Crippen molar-refractivity contribution in [2.75, 3.05) is 18.2 Å². The van der Waals surface area contributed by atoms with Crippen LogP contribution < -0.4 is 21.5 Å². The fraction of sp³-hybridized carbons (Fsp3) is 0.143. The average Bonchev–Trinajstić information content (AvgIpc) is 3.04. The van der Waals surface area contributed by atoms with Crippen molar-refractivity contribution < 1.29 is 14.3 Å². The van der Waals surface area contributed by atoms with Crippen molar-refractivity contribution in [3.8, 4) is 5.75 Å². The molecule has 6 nitrogen and oxygen atoms in total. The average molecular weight is 395 g/mol. The summed E-state index contributed by atoms with van der Waals surface area (Å²) in [6.45, 7) is 2.05. The standard InChI is InChI=1S/C21H21N3O3S/c1-3-12-4-6-13(7-5-12)18(25)19-17(22)16(20(23)26)21(28-19)24-14-8-10-15(27-2)11-9-14/h4-11,24H,3,22H2,1-2H3,(H2,23,26). The number of aryl methyl sites for hydroxylation is 1. The number of carbonyl (C=O) groups is 2. The number of benzene rings is 2. The molecule has 0 unspecified atom stereocenters. The van der Waals surface area contributed by atoms with Crippen molar-refractivity contribution in [3.05, 3.63) is 70.1 Å². The van der Waals surface area contributed by atoms with Gasteiger partial charge in [-0.3, -0.25) is 9.59 Å². The molecule has 0 saturated carbocycles. The molecule has 1 aromatic heterocycles. The lowest BCUT2D eigenvalue weighted by Gasteiger charge is -2.07. The number of thiophene rings is 1. The molecule has 0 atom stereocenters. The predicted molar refractivity (Wildman–Crippen MR) is 113 cm³/mol. The number of primary amides is 1. The SMILES string of the molecule is CCc1ccc(C(=O)c2sc(Nc3ccc(OC)cc3)c(C(N)=O)c2N)cc1. The molecule has 5 N–H and O–H groups in total. The third kappa shape index (κ3) is 3.84. The van der Waals surface area contributed by atoms with Gasteiger partial charge >= 0.3 is 0 Å². The lowest BCUT2D eigenvalue weighted by Crippen LogP contribution is -2.14. The second-order valence-electron chi connectivity index (χ2n) is 6.15. The van der Waals surface area contributed by atoms with Crippen LogP contribution in [0.5, 0.6) is 5.75 Å². The Labute approximate surface area is 167 Å². The molecule has 144 valence electrons. The van der Waals surface area contributed by atoms with Gasteiger partial charge in [-0.1, -0.05) is 31.2 Å². The molecule has 0 saturated heterocycles. The number of hydrogen-bond acceptors (Lipinski definition) is 6. The zero-order valence-electron chi connectivity index (χ0n) is 15.6. The van der Waals surface area contributed by atoms with Gasteiger partial charge in [0.15, 0.2) is 0 Å². The second kappa shape index (κ2) is 8.14. The molecule has 0 aliphatic rings. The highest BCUT2D eigenvalue weighted by molar-refractivity contribution is 7.19. The van der Waals surface area contributed by atoms with E-state index >= 15 is 0 Å². The molecule has 0 aliphatic heterocycles. The van der Waals surface area contributed by atoms with Crippen molar-refractivity contribution in [2.24, 2.45) is 5.73 Å². The highest BCUT2D eigenvalue weighted by atomic mass is 32.1. The highest BCUT2D eigenvalue weighted by Crippen LogP contribution is 2.38. The molecule has 3 rings (SSSR count). The Morgan fingerprint density at radius 1 is 1.07 bits per heavy atom. The number of ether oxygens (including phenoxy) is 1. The first-order valence-corrected chi connectivity index (χ1v) is 9.53. The Morgan fingerprint density at radius 2 is 1.71 bits per heavy atom. The number of nitrogen functional groups attached to an aromatic ring is 1. The van der Waals surface area contributed by atoms with Crippen molar-refractivity contribution in [1.29, 1.82) is 0 Å². The fourth-order valence-electron chi connectivity index (χ4n) is 2.77. The number of hydrogen-bond donors (Lipinski definition) is 3. The van der Waals surface area contributed by atoms with E-state index in [9.17, 15) is 9.59 Å². The van der Waals surface area contributed by atoms with E-state index in [-0.39, 0.29) is 21.9 Å². The summed E-state index contributed by atoms with van der Waals surface area (Å²) in [5.74, 6) is -0.224. The summed E-state index contributed by atoms with van der Waals surface area (Å²) in [5, 5.41) is 3.55. The third-order valence-electron chi connectivity index (χ3n) is 4.37. The number of nitrogens with two attached hydrogens (primary N) is 2. The minimum Gasteiger partial charge on any atom is -0.497 e. The number of ketones is 1. The van der Waals surface area contributed by atoms with E-state index < -0.39 is 5.91 Å². The molecule has 1 amide bonds. The summed E-state index contributed by atoms with van der Waals surface area (Å²) in [6.07, 6.45) is 0.886. The first kappa shape index (κ1) is 19.4. The first-order valence-electron chi connectivity index (χ1n) is 8.71. The number of amides is 1. The molecule has 3 aromatic rings. The quantitative estimate of drug-likeness (QED) is 0.525. The van der Waals surface area contributed by atoms with Gasteiger partial charge in [-0.05, 0) is 36.2 Å². The van der Waals surface area contributed by atoms with Crippen LogP contribution in [0.1, 0.15) is 38.1 Å². The zero-order valence-corrected chi connectivity index (χ0v) is 16.4. The lowest BCUT2D eigenvalue weighted by atomic mass is 10.0. The first-order chi connectivity index (χ1) is 13.4. The van der Waals surface area contributed by atoms with Crippen LogP contribution in [-0.4, -0.2) is 18.8 Å².